The summed E-state index contributed by atoms with van der Waals surface area (Å²) in [6.07, 6.45) is -0.764. The third-order valence-corrected chi connectivity index (χ3v) is 4.21. The lowest BCUT2D eigenvalue weighted by Gasteiger charge is -2.32. The van der Waals surface area contributed by atoms with Crippen molar-refractivity contribution in [3.63, 3.8) is 0 Å². The number of ether oxygens (including phenoxy) is 2. The molecule has 1 aliphatic rings. The van der Waals surface area contributed by atoms with Gasteiger partial charge in [-0.2, -0.15) is 0 Å². The second-order valence-corrected chi connectivity index (χ2v) is 6.09. The second-order valence-electron chi connectivity index (χ2n) is 6.09. The molecule has 0 spiro atoms. The predicted octanol–water partition coefficient (Wildman–Crippen LogP) is 2.45. The van der Waals surface area contributed by atoms with Crippen LogP contribution in [-0.4, -0.2) is 43.1 Å². The van der Waals surface area contributed by atoms with Crippen molar-refractivity contribution in [3.05, 3.63) is 60.2 Å². The number of hydrogen-bond acceptors (Lipinski definition) is 4. The summed E-state index contributed by atoms with van der Waals surface area (Å²) in [6, 6.07) is 16.9. The molecule has 1 heterocycles. The Balaban J connectivity index is 1.58. The number of nitrogens with one attached hydrogen (secondary N) is 1. The van der Waals surface area contributed by atoms with Crippen LogP contribution in [0.2, 0.25) is 0 Å². The number of carbonyl (C=O) groups excluding carboxylic acids is 2. The topological polar surface area (TPSA) is 67.9 Å². The maximum absolute atomic E-state index is 12.6. The Morgan fingerprint density at radius 1 is 1.23 bits per heavy atom. The molecule has 0 saturated carbocycles. The number of amides is 2. The Labute approximate surface area is 152 Å². The minimum Gasteiger partial charge on any atom is -0.497 e. The second kappa shape index (κ2) is 8.49. The molecule has 1 atom stereocenters. The zero-order valence-corrected chi connectivity index (χ0v) is 14.7. The molecule has 0 aromatic heterocycles. The highest BCUT2D eigenvalue weighted by Crippen LogP contribution is 2.18. The van der Waals surface area contributed by atoms with Gasteiger partial charge in [-0.3, -0.25) is 9.59 Å². The van der Waals surface area contributed by atoms with Gasteiger partial charge < -0.3 is 19.7 Å². The smallest absolute Gasteiger partial charge is 0.252 e. The van der Waals surface area contributed by atoms with Crippen LogP contribution < -0.4 is 10.1 Å². The first-order valence-corrected chi connectivity index (χ1v) is 8.54. The third kappa shape index (κ3) is 4.61. The maximum Gasteiger partial charge on any atom is 0.252 e. The van der Waals surface area contributed by atoms with Crippen molar-refractivity contribution in [2.45, 2.75) is 19.1 Å². The molecule has 0 bridgehead atoms. The Hall–Kier alpha value is -2.86. The van der Waals surface area contributed by atoms with Crippen LogP contribution in [0.15, 0.2) is 54.6 Å². The average Bonchev–Trinajstić information content (AvgIpc) is 2.66. The monoisotopic (exact) mass is 354 g/mol. The van der Waals surface area contributed by atoms with E-state index in [0.29, 0.717) is 31.1 Å². The van der Waals surface area contributed by atoms with Crippen LogP contribution in [0.25, 0.3) is 0 Å². The summed E-state index contributed by atoms with van der Waals surface area (Å²) in [7, 11) is 1.57. The van der Waals surface area contributed by atoms with Crippen molar-refractivity contribution < 1.29 is 19.1 Å². The van der Waals surface area contributed by atoms with E-state index >= 15 is 0 Å². The molecule has 1 saturated heterocycles. The number of carbonyl (C=O) groups is 2. The fourth-order valence-electron chi connectivity index (χ4n) is 2.88. The van der Waals surface area contributed by atoms with E-state index in [4.69, 9.17) is 9.47 Å². The number of methoxy groups -OCH3 is 1. The highest BCUT2D eigenvalue weighted by molar-refractivity contribution is 5.95. The van der Waals surface area contributed by atoms with E-state index in [0.717, 1.165) is 5.56 Å². The number of nitrogens with zero attached hydrogens (tertiary/aromatic N) is 1. The first-order chi connectivity index (χ1) is 12.7. The quantitative estimate of drug-likeness (QED) is 0.865. The van der Waals surface area contributed by atoms with Gasteiger partial charge in [-0.05, 0) is 17.7 Å². The van der Waals surface area contributed by atoms with Gasteiger partial charge in [0.2, 0.25) is 5.91 Å². The summed E-state index contributed by atoms with van der Waals surface area (Å²) in [5, 5.41) is 2.78. The SMILES string of the molecule is COc1cccc(NC(=O)C[C@@H]2OCCN(Cc3ccccc3)C2=O)c1. The predicted molar refractivity (Wildman–Crippen MR) is 97.8 cm³/mol. The minimum atomic E-state index is -0.752. The normalized spacial score (nSPS) is 17.0. The number of morpholine rings is 1. The van der Waals surface area contributed by atoms with Gasteiger partial charge in [0.15, 0.2) is 0 Å². The van der Waals surface area contributed by atoms with Gasteiger partial charge >= 0.3 is 0 Å². The molecular weight excluding hydrogens is 332 g/mol. The van der Waals surface area contributed by atoms with Crippen molar-refractivity contribution in [1.82, 2.24) is 4.90 Å². The van der Waals surface area contributed by atoms with Gasteiger partial charge in [0.05, 0.1) is 20.1 Å². The summed E-state index contributed by atoms with van der Waals surface area (Å²) in [4.78, 5) is 26.6. The van der Waals surface area contributed by atoms with Crippen LogP contribution in [0.4, 0.5) is 5.69 Å². The zero-order valence-electron chi connectivity index (χ0n) is 14.7. The molecule has 6 nitrogen and oxygen atoms in total. The summed E-state index contributed by atoms with van der Waals surface area (Å²) in [6.45, 7) is 1.48. The molecule has 136 valence electrons. The summed E-state index contributed by atoms with van der Waals surface area (Å²) >= 11 is 0. The zero-order chi connectivity index (χ0) is 18.4. The number of benzene rings is 2. The van der Waals surface area contributed by atoms with Crippen molar-refractivity contribution >= 4 is 17.5 Å². The molecule has 2 aromatic carbocycles. The Morgan fingerprint density at radius 3 is 2.81 bits per heavy atom. The standard InChI is InChI=1S/C20H22N2O4/c1-25-17-9-5-8-16(12-17)21-19(23)13-18-20(24)22(10-11-26-18)14-15-6-3-2-4-7-15/h2-9,12,18H,10-11,13-14H2,1H3,(H,21,23)/t18-/m0/s1. The molecule has 1 N–H and O–H groups in total. The minimum absolute atomic E-state index is 0.0126. The van der Waals surface area contributed by atoms with E-state index in [-0.39, 0.29) is 18.2 Å². The van der Waals surface area contributed by atoms with Crippen LogP contribution in [0.1, 0.15) is 12.0 Å². The molecule has 0 unspecified atom stereocenters. The van der Waals surface area contributed by atoms with E-state index in [2.05, 4.69) is 5.32 Å². The number of rotatable bonds is 6. The Kier molecular flexibility index (Phi) is 5.86. The molecule has 2 amide bonds. The van der Waals surface area contributed by atoms with Gasteiger partial charge in [-0.25, -0.2) is 0 Å². The van der Waals surface area contributed by atoms with E-state index in [1.165, 1.54) is 0 Å². The van der Waals surface area contributed by atoms with E-state index in [9.17, 15) is 9.59 Å². The fourth-order valence-corrected chi connectivity index (χ4v) is 2.88. The van der Waals surface area contributed by atoms with Gasteiger partial charge in [0, 0.05) is 24.8 Å². The van der Waals surface area contributed by atoms with Crippen LogP contribution >= 0.6 is 0 Å². The summed E-state index contributed by atoms with van der Waals surface area (Å²) < 4.78 is 10.7. The van der Waals surface area contributed by atoms with Gasteiger partial charge in [-0.1, -0.05) is 36.4 Å². The van der Waals surface area contributed by atoms with Crippen molar-refractivity contribution in [1.29, 1.82) is 0 Å². The van der Waals surface area contributed by atoms with Gasteiger partial charge in [-0.15, -0.1) is 0 Å². The first kappa shape index (κ1) is 17.9. The molecule has 26 heavy (non-hydrogen) atoms. The van der Waals surface area contributed by atoms with E-state index in [1.54, 1.807) is 36.3 Å². The van der Waals surface area contributed by atoms with Crippen LogP contribution in [0.5, 0.6) is 5.75 Å². The Morgan fingerprint density at radius 2 is 2.04 bits per heavy atom. The van der Waals surface area contributed by atoms with Crippen LogP contribution in [0, 0.1) is 0 Å². The number of hydrogen-bond donors (Lipinski definition) is 1. The van der Waals surface area contributed by atoms with E-state index < -0.39 is 6.10 Å². The maximum atomic E-state index is 12.6. The summed E-state index contributed by atoms with van der Waals surface area (Å²) in [5.74, 6) is 0.237. The molecular formula is C20H22N2O4. The molecule has 2 aromatic rings. The van der Waals surface area contributed by atoms with Gasteiger partial charge in [0.1, 0.15) is 11.9 Å². The fraction of sp³-hybridized carbons (Fsp3) is 0.300. The largest absolute Gasteiger partial charge is 0.497 e. The average molecular weight is 354 g/mol. The van der Waals surface area contributed by atoms with E-state index in [1.807, 2.05) is 30.3 Å². The van der Waals surface area contributed by atoms with Crippen LogP contribution in [0.3, 0.4) is 0 Å². The lowest BCUT2D eigenvalue weighted by molar-refractivity contribution is -0.155. The van der Waals surface area contributed by atoms with Crippen LogP contribution in [-0.2, 0) is 20.9 Å². The molecule has 1 aliphatic heterocycles. The summed E-state index contributed by atoms with van der Waals surface area (Å²) in [5.41, 5.74) is 1.68. The highest BCUT2D eigenvalue weighted by Gasteiger charge is 2.31. The lowest BCUT2D eigenvalue weighted by atomic mass is 10.1. The molecule has 6 heteroatoms. The molecule has 0 aliphatic carbocycles. The third-order valence-electron chi connectivity index (χ3n) is 4.21. The molecule has 0 radical (unpaired) electrons. The van der Waals surface area contributed by atoms with Crippen molar-refractivity contribution in [2.75, 3.05) is 25.6 Å². The molecule has 1 fully saturated rings. The van der Waals surface area contributed by atoms with Crippen molar-refractivity contribution in [3.8, 4) is 5.75 Å². The van der Waals surface area contributed by atoms with Gasteiger partial charge in [0.25, 0.3) is 5.91 Å². The highest BCUT2D eigenvalue weighted by atomic mass is 16.5. The van der Waals surface area contributed by atoms with Crippen molar-refractivity contribution in [2.24, 2.45) is 0 Å². The molecule has 3 rings (SSSR count). The first-order valence-electron chi connectivity index (χ1n) is 8.54. The lowest BCUT2D eigenvalue weighted by Crippen LogP contribution is -2.48. The Bertz CT molecular complexity index is 763. The number of anilines is 1.